The van der Waals surface area contributed by atoms with Crippen LogP contribution in [0, 0.1) is 0 Å². The molecule has 2 rings (SSSR count). The number of benzene rings is 1. The summed E-state index contributed by atoms with van der Waals surface area (Å²) in [6.07, 6.45) is 0. The molecule has 0 aromatic heterocycles. The van der Waals surface area contributed by atoms with E-state index in [-0.39, 0.29) is 17.5 Å². The zero-order chi connectivity index (χ0) is 16.6. The normalized spacial score (nSPS) is 16.4. The van der Waals surface area contributed by atoms with E-state index in [2.05, 4.69) is 0 Å². The minimum absolute atomic E-state index is 0.0180. The Morgan fingerprint density at radius 2 is 1.36 bits per heavy atom. The summed E-state index contributed by atoms with van der Waals surface area (Å²) in [6, 6.07) is 7.33. The lowest BCUT2D eigenvalue weighted by atomic mass is 9.77. The highest BCUT2D eigenvalue weighted by molar-refractivity contribution is 6.30. The first-order chi connectivity index (χ1) is 10.3. The predicted molar refractivity (Wildman–Crippen MR) is 88.7 cm³/mol. The first kappa shape index (κ1) is 16.5. The van der Waals surface area contributed by atoms with Crippen LogP contribution < -0.4 is 0 Å². The van der Waals surface area contributed by atoms with Crippen molar-refractivity contribution in [3.63, 3.8) is 0 Å². The number of allylic oxidation sites excluding steroid dienone is 4. The van der Waals surface area contributed by atoms with Crippen LogP contribution in [-0.4, -0.2) is 23.5 Å². The molecule has 1 aromatic rings. The molecule has 0 saturated carbocycles. The van der Waals surface area contributed by atoms with Crippen LogP contribution in [0.4, 0.5) is 0 Å². The Morgan fingerprint density at radius 3 is 1.73 bits per heavy atom. The van der Waals surface area contributed by atoms with E-state index < -0.39 is 0 Å². The Kier molecular flexibility index (Phi) is 4.57. The number of hydrogen-bond donors (Lipinski definition) is 0. The summed E-state index contributed by atoms with van der Waals surface area (Å²) >= 11 is 5.96. The average Bonchev–Trinajstić information content (AvgIpc) is 2.44. The van der Waals surface area contributed by atoms with Gasteiger partial charge in [0, 0.05) is 40.5 Å². The Hall–Kier alpha value is -1.87. The second-order valence-electron chi connectivity index (χ2n) is 5.65. The Morgan fingerprint density at radius 1 is 0.955 bits per heavy atom. The average molecular weight is 318 g/mol. The predicted octanol–water partition coefficient (Wildman–Crippen LogP) is 4.10. The van der Waals surface area contributed by atoms with E-state index in [0.717, 1.165) is 17.0 Å². The molecule has 0 N–H and O–H groups in total. The number of hydrogen-bond acceptors (Lipinski definition) is 3. The van der Waals surface area contributed by atoms with E-state index in [9.17, 15) is 9.59 Å². The lowest BCUT2D eigenvalue weighted by molar-refractivity contribution is -0.114. The Bertz CT molecular complexity index is 660. The zero-order valence-electron chi connectivity index (χ0n) is 13.5. The van der Waals surface area contributed by atoms with Crippen LogP contribution in [0.15, 0.2) is 46.8 Å². The van der Waals surface area contributed by atoms with E-state index in [1.165, 1.54) is 0 Å². The summed E-state index contributed by atoms with van der Waals surface area (Å²) in [6.45, 7) is 6.93. The van der Waals surface area contributed by atoms with Gasteiger partial charge in [0.15, 0.2) is 11.6 Å². The second-order valence-corrected chi connectivity index (χ2v) is 6.09. The molecule has 22 heavy (non-hydrogen) atoms. The van der Waals surface area contributed by atoms with Gasteiger partial charge in [-0.05, 0) is 45.4 Å². The van der Waals surface area contributed by atoms with Gasteiger partial charge in [-0.2, -0.15) is 0 Å². The fourth-order valence-corrected chi connectivity index (χ4v) is 3.21. The lowest BCUT2D eigenvalue weighted by Crippen LogP contribution is -2.31. The van der Waals surface area contributed by atoms with Gasteiger partial charge in [0.05, 0.1) is 0 Å². The summed E-state index contributed by atoms with van der Waals surface area (Å²) in [5, 5.41) is 0.631. The third-order valence-electron chi connectivity index (χ3n) is 4.33. The number of Topliss-reactive ketones (excluding diaryl/α,β-unsaturated/α-hetero) is 2. The molecule has 1 aromatic carbocycles. The molecule has 0 bridgehead atoms. The largest absolute Gasteiger partial charge is 0.351 e. The fourth-order valence-electron chi connectivity index (χ4n) is 3.08. The quantitative estimate of drug-likeness (QED) is 0.842. The molecular formula is C18H20ClNO2. The topological polar surface area (TPSA) is 37.4 Å². The zero-order valence-corrected chi connectivity index (χ0v) is 14.3. The van der Waals surface area contributed by atoms with Crippen molar-refractivity contribution in [3.8, 4) is 0 Å². The molecule has 0 spiro atoms. The monoisotopic (exact) mass is 317 g/mol. The standard InChI is InChI=1S/C18H20ClNO2/c1-10-16(12(3)21)18(14-6-8-15(19)9-7-14)17(13(4)22)11(2)20(10)5/h6-9,18H,1-5H3. The third kappa shape index (κ3) is 2.73. The van der Waals surface area contributed by atoms with Crippen molar-refractivity contribution >= 4 is 23.2 Å². The minimum Gasteiger partial charge on any atom is -0.351 e. The fraction of sp³-hybridized carbons (Fsp3) is 0.333. The van der Waals surface area contributed by atoms with Crippen molar-refractivity contribution in [2.24, 2.45) is 0 Å². The molecule has 0 atom stereocenters. The van der Waals surface area contributed by atoms with Crippen LogP contribution in [0.2, 0.25) is 5.02 Å². The van der Waals surface area contributed by atoms with Gasteiger partial charge in [-0.1, -0.05) is 23.7 Å². The lowest BCUT2D eigenvalue weighted by Gasteiger charge is -2.36. The molecule has 3 nitrogen and oxygen atoms in total. The van der Waals surface area contributed by atoms with Crippen molar-refractivity contribution < 1.29 is 9.59 Å². The summed E-state index contributed by atoms with van der Waals surface area (Å²) in [5.41, 5.74) is 4.01. The molecule has 1 aliphatic heterocycles. The van der Waals surface area contributed by atoms with E-state index in [1.807, 2.05) is 37.9 Å². The van der Waals surface area contributed by atoms with Crippen LogP contribution in [-0.2, 0) is 9.59 Å². The molecule has 1 heterocycles. The van der Waals surface area contributed by atoms with E-state index in [0.29, 0.717) is 16.2 Å². The minimum atomic E-state index is -0.330. The second kappa shape index (κ2) is 6.09. The highest BCUT2D eigenvalue weighted by Gasteiger charge is 2.35. The van der Waals surface area contributed by atoms with Gasteiger partial charge in [0.25, 0.3) is 0 Å². The van der Waals surface area contributed by atoms with Crippen molar-refractivity contribution in [2.75, 3.05) is 7.05 Å². The van der Waals surface area contributed by atoms with Gasteiger partial charge >= 0.3 is 0 Å². The molecular weight excluding hydrogens is 298 g/mol. The summed E-state index contributed by atoms with van der Waals surface area (Å²) in [4.78, 5) is 26.4. The molecule has 0 amide bonds. The number of nitrogens with zero attached hydrogens (tertiary/aromatic N) is 1. The maximum atomic E-state index is 12.2. The first-order valence-electron chi connectivity index (χ1n) is 7.18. The highest BCUT2D eigenvalue weighted by atomic mass is 35.5. The van der Waals surface area contributed by atoms with Gasteiger partial charge in [0.2, 0.25) is 0 Å². The molecule has 4 heteroatoms. The van der Waals surface area contributed by atoms with Crippen molar-refractivity contribution in [2.45, 2.75) is 33.6 Å². The first-order valence-corrected chi connectivity index (χ1v) is 7.56. The number of carbonyl (C=O) groups excluding carboxylic acids is 2. The number of rotatable bonds is 3. The molecule has 0 saturated heterocycles. The maximum Gasteiger partial charge on any atom is 0.158 e. The number of halogens is 1. The summed E-state index contributed by atoms with van der Waals surface area (Å²) in [7, 11) is 1.88. The SMILES string of the molecule is CC(=O)C1=C(C)N(C)C(C)=C(C(C)=O)C1c1ccc(Cl)cc1. The van der Waals surface area contributed by atoms with Gasteiger partial charge in [-0.25, -0.2) is 0 Å². The highest BCUT2D eigenvalue weighted by Crippen LogP contribution is 2.41. The van der Waals surface area contributed by atoms with Gasteiger partial charge in [-0.3, -0.25) is 9.59 Å². The van der Waals surface area contributed by atoms with E-state index >= 15 is 0 Å². The van der Waals surface area contributed by atoms with Gasteiger partial charge in [0.1, 0.15) is 0 Å². The summed E-state index contributed by atoms with van der Waals surface area (Å²) < 4.78 is 0. The van der Waals surface area contributed by atoms with Gasteiger partial charge < -0.3 is 4.90 Å². The van der Waals surface area contributed by atoms with Crippen LogP contribution in [0.25, 0.3) is 0 Å². The van der Waals surface area contributed by atoms with Crippen molar-refractivity contribution in [1.82, 2.24) is 4.90 Å². The van der Waals surface area contributed by atoms with E-state index in [1.54, 1.807) is 26.0 Å². The number of carbonyl (C=O) groups is 2. The smallest absolute Gasteiger partial charge is 0.158 e. The molecule has 0 fully saturated rings. The van der Waals surface area contributed by atoms with Crippen molar-refractivity contribution in [3.05, 3.63) is 57.4 Å². The molecule has 0 aliphatic carbocycles. The van der Waals surface area contributed by atoms with Crippen LogP contribution in [0.1, 0.15) is 39.2 Å². The number of ketones is 2. The van der Waals surface area contributed by atoms with Crippen LogP contribution in [0.3, 0.4) is 0 Å². The Labute approximate surface area is 136 Å². The van der Waals surface area contributed by atoms with Crippen LogP contribution in [0.5, 0.6) is 0 Å². The maximum absolute atomic E-state index is 12.2. The van der Waals surface area contributed by atoms with Gasteiger partial charge in [-0.15, -0.1) is 0 Å². The third-order valence-corrected chi connectivity index (χ3v) is 4.58. The molecule has 116 valence electrons. The molecule has 0 radical (unpaired) electrons. The van der Waals surface area contributed by atoms with Crippen molar-refractivity contribution in [1.29, 1.82) is 0 Å². The summed E-state index contributed by atoms with van der Waals surface area (Å²) in [5.74, 6) is -0.366. The Balaban J connectivity index is 2.74. The molecule has 1 aliphatic rings. The van der Waals surface area contributed by atoms with Crippen LogP contribution >= 0.6 is 11.6 Å². The van der Waals surface area contributed by atoms with E-state index in [4.69, 9.17) is 11.6 Å². The molecule has 0 unspecified atom stereocenters.